The number of carbonyl (C=O) groups is 2. The second kappa shape index (κ2) is 9.98. The summed E-state index contributed by atoms with van der Waals surface area (Å²) < 4.78 is 5.93. The summed E-state index contributed by atoms with van der Waals surface area (Å²) in [7, 11) is 0. The van der Waals surface area contributed by atoms with Crippen LogP contribution in [0.1, 0.15) is 39.7 Å². The topological polar surface area (TPSA) is 75.6 Å². The zero-order valence-corrected chi connectivity index (χ0v) is 21.1. The highest BCUT2D eigenvalue weighted by atomic mass is 16.5. The number of benzene rings is 1. The molecule has 0 aromatic heterocycles. The van der Waals surface area contributed by atoms with E-state index in [9.17, 15) is 14.7 Å². The molecule has 5 nitrogen and oxygen atoms in total. The average molecular weight is 476 g/mol. The van der Waals surface area contributed by atoms with E-state index in [0.29, 0.717) is 12.3 Å². The largest absolute Gasteiger partial charge is 0.457 e. The van der Waals surface area contributed by atoms with Gasteiger partial charge in [0, 0.05) is 24.8 Å². The number of rotatable bonds is 3. The highest BCUT2D eigenvalue weighted by Gasteiger charge is 2.68. The molecular weight excluding hydrogens is 438 g/mol. The first-order valence-corrected chi connectivity index (χ1v) is 12.6. The zero-order valence-electron chi connectivity index (χ0n) is 21.1. The smallest absolute Gasteiger partial charge is 0.303 e. The van der Waals surface area contributed by atoms with Gasteiger partial charge in [-0.15, -0.1) is 0 Å². The van der Waals surface area contributed by atoms with Crippen LogP contribution in [0.25, 0.3) is 0 Å². The predicted molar refractivity (Wildman–Crippen MR) is 137 cm³/mol. The molecule has 0 bridgehead atoms. The maximum atomic E-state index is 14.1. The third-order valence-corrected chi connectivity index (χ3v) is 8.08. The molecule has 1 amide bonds. The summed E-state index contributed by atoms with van der Waals surface area (Å²) in [5.41, 5.74) is 1.72. The number of ether oxygens (including phenoxy) is 1. The Labute approximate surface area is 208 Å². The molecule has 4 rings (SSSR count). The lowest BCUT2D eigenvalue weighted by molar-refractivity contribution is -0.166. The standard InChI is InChI=1S/C30H37NO4/c1-18-10-9-13-24-28(33)21(4)20(3)27-25(17-23-11-7-6-8-12-23)31-29(34)30(24,27)26(35-22(5)32)15-14-19(2)16-18/h6-9,11-16,18,20,24-28,33H,4,10,17H2,1-3,5H3,(H,31,34)/b13-9+,15-14+,19-16?/t18-,20+,24-,25-,26+,27-,28+,30+/m0/s1. The van der Waals surface area contributed by atoms with E-state index in [1.54, 1.807) is 0 Å². The van der Waals surface area contributed by atoms with Crippen LogP contribution < -0.4 is 5.32 Å². The quantitative estimate of drug-likeness (QED) is 0.497. The first-order chi connectivity index (χ1) is 16.7. The van der Waals surface area contributed by atoms with Crippen LogP contribution in [0.4, 0.5) is 0 Å². The third-order valence-electron chi connectivity index (χ3n) is 8.08. The molecule has 1 aromatic rings. The van der Waals surface area contributed by atoms with Crippen LogP contribution in [-0.4, -0.2) is 35.2 Å². The molecule has 0 radical (unpaired) electrons. The van der Waals surface area contributed by atoms with Gasteiger partial charge >= 0.3 is 5.97 Å². The molecule has 5 heteroatoms. The first kappa shape index (κ1) is 25.2. The van der Waals surface area contributed by atoms with Crippen molar-refractivity contribution < 1.29 is 19.4 Å². The molecule has 1 saturated carbocycles. The van der Waals surface area contributed by atoms with Crippen LogP contribution in [0.2, 0.25) is 0 Å². The van der Waals surface area contributed by atoms with Crippen molar-refractivity contribution in [2.24, 2.45) is 29.1 Å². The van der Waals surface area contributed by atoms with E-state index in [2.05, 4.69) is 43.1 Å². The fourth-order valence-electron chi connectivity index (χ4n) is 6.54. The van der Waals surface area contributed by atoms with Crippen molar-refractivity contribution in [3.8, 4) is 0 Å². The van der Waals surface area contributed by atoms with Gasteiger partial charge in [0.2, 0.25) is 5.91 Å². The summed E-state index contributed by atoms with van der Waals surface area (Å²) in [4.78, 5) is 26.5. The summed E-state index contributed by atoms with van der Waals surface area (Å²) in [6.07, 6.45) is 9.65. The molecule has 186 valence electrons. The summed E-state index contributed by atoms with van der Waals surface area (Å²) in [5.74, 6) is -1.30. The third kappa shape index (κ3) is 4.54. The van der Waals surface area contributed by atoms with Crippen molar-refractivity contribution >= 4 is 11.9 Å². The van der Waals surface area contributed by atoms with Gasteiger partial charge < -0.3 is 15.2 Å². The number of esters is 1. The van der Waals surface area contributed by atoms with Gasteiger partial charge in [-0.05, 0) is 48.8 Å². The Morgan fingerprint density at radius 1 is 1.23 bits per heavy atom. The lowest BCUT2D eigenvalue weighted by atomic mass is 9.51. The second-order valence-electron chi connectivity index (χ2n) is 10.5. The molecule has 3 aliphatic rings. The zero-order chi connectivity index (χ0) is 25.3. The number of hydrogen-bond donors (Lipinski definition) is 2. The second-order valence-corrected chi connectivity index (χ2v) is 10.5. The number of carbonyl (C=O) groups excluding carboxylic acids is 2. The summed E-state index contributed by atoms with van der Waals surface area (Å²) in [6.45, 7) is 11.8. The van der Waals surface area contributed by atoms with E-state index in [0.717, 1.165) is 23.1 Å². The molecule has 35 heavy (non-hydrogen) atoms. The van der Waals surface area contributed by atoms with Crippen molar-refractivity contribution in [3.05, 3.63) is 84.0 Å². The van der Waals surface area contributed by atoms with Crippen LogP contribution in [-0.2, 0) is 20.7 Å². The van der Waals surface area contributed by atoms with Gasteiger partial charge in [0.25, 0.3) is 0 Å². The Morgan fingerprint density at radius 2 is 1.94 bits per heavy atom. The molecule has 1 heterocycles. The van der Waals surface area contributed by atoms with Crippen LogP contribution in [0.15, 0.2) is 78.4 Å². The lowest BCUT2D eigenvalue weighted by Gasteiger charge is -2.52. The van der Waals surface area contributed by atoms with Crippen LogP contribution >= 0.6 is 0 Å². The van der Waals surface area contributed by atoms with Crippen molar-refractivity contribution in [2.45, 2.75) is 58.8 Å². The Bertz CT molecular complexity index is 1070. The van der Waals surface area contributed by atoms with Crippen LogP contribution in [0.3, 0.4) is 0 Å². The maximum Gasteiger partial charge on any atom is 0.303 e. The number of hydrogen-bond acceptors (Lipinski definition) is 4. The van der Waals surface area contributed by atoms with E-state index < -0.39 is 29.5 Å². The Balaban J connectivity index is 1.92. The van der Waals surface area contributed by atoms with E-state index in [1.807, 2.05) is 50.3 Å². The molecular formula is C30H37NO4. The van der Waals surface area contributed by atoms with Gasteiger partial charge in [-0.3, -0.25) is 9.59 Å². The minimum atomic E-state index is -1.16. The van der Waals surface area contributed by atoms with Gasteiger partial charge in [-0.1, -0.05) is 80.6 Å². The van der Waals surface area contributed by atoms with E-state index in [-0.39, 0.29) is 23.8 Å². The van der Waals surface area contributed by atoms with Gasteiger partial charge in [0.05, 0.1) is 6.10 Å². The van der Waals surface area contributed by atoms with Gasteiger partial charge in [-0.2, -0.15) is 0 Å². The fourth-order valence-corrected chi connectivity index (χ4v) is 6.54. The first-order valence-electron chi connectivity index (χ1n) is 12.6. The molecule has 1 saturated heterocycles. The number of aliphatic hydroxyl groups is 1. The number of amides is 1. The number of allylic oxidation sites excluding steroid dienone is 4. The fraction of sp³-hybridized carbons (Fsp3) is 0.467. The van der Waals surface area contributed by atoms with Crippen LogP contribution in [0.5, 0.6) is 0 Å². The Kier molecular flexibility index (Phi) is 7.18. The average Bonchev–Trinajstić information content (AvgIpc) is 3.08. The normalized spacial score (nSPS) is 38.8. The van der Waals surface area contributed by atoms with Crippen molar-refractivity contribution in [1.82, 2.24) is 5.32 Å². The Morgan fingerprint density at radius 3 is 2.63 bits per heavy atom. The molecule has 2 aliphatic carbocycles. The minimum absolute atomic E-state index is 0.158. The molecule has 0 unspecified atom stereocenters. The van der Waals surface area contributed by atoms with Crippen molar-refractivity contribution in [2.75, 3.05) is 0 Å². The van der Waals surface area contributed by atoms with Gasteiger partial charge in [0.1, 0.15) is 11.5 Å². The predicted octanol–water partition coefficient (Wildman–Crippen LogP) is 4.54. The van der Waals surface area contributed by atoms with Crippen molar-refractivity contribution in [1.29, 1.82) is 0 Å². The SMILES string of the molecule is C=C1[C@@H](C)[C@H]2[C@H](Cc3ccccc3)NC(=O)[C@]23[C@H](OC(C)=O)/C=C/C(C)=C[C@@H](C)C/C=C/[C@H]3[C@@H]1O. The monoisotopic (exact) mass is 475 g/mol. The molecule has 2 fully saturated rings. The van der Waals surface area contributed by atoms with Crippen molar-refractivity contribution in [3.63, 3.8) is 0 Å². The molecule has 2 N–H and O–H groups in total. The summed E-state index contributed by atoms with van der Waals surface area (Å²) in [6, 6.07) is 9.89. The van der Waals surface area contributed by atoms with Gasteiger partial charge in [0.15, 0.2) is 0 Å². The summed E-state index contributed by atoms with van der Waals surface area (Å²) >= 11 is 0. The Hall–Kier alpha value is -2.92. The lowest BCUT2D eigenvalue weighted by Crippen LogP contribution is -2.60. The minimum Gasteiger partial charge on any atom is -0.457 e. The van der Waals surface area contributed by atoms with Gasteiger partial charge in [-0.25, -0.2) is 0 Å². The summed E-state index contributed by atoms with van der Waals surface area (Å²) in [5, 5.41) is 14.8. The number of nitrogens with one attached hydrogen (secondary N) is 1. The van der Waals surface area contributed by atoms with E-state index in [1.165, 1.54) is 6.92 Å². The van der Waals surface area contributed by atoms with E-state index >= 15 is 0 Å². The van der Waals surface area contributed by atoms with Crippen LogP contribution in [0, 0.1) is 29.1 Å². The van der Waals surface area contributed by atoms with E-state index in [4.69, 9.17) is 4.74 Å². The molecule has 1 spiro atoms. The molecule has 1 aromatic carbocycles. The maximum absolute atomic E-state index is 14.1. The highest BCUT2D eigenvalue weighted by molar-refractivity contribution is 5.89. The highest BCUT2D eigenvalue weighted by Crippen LogP contribution is 2.58. The molecule has 1 aliphatic heterocycles. The number of aliphatic hydroxyl groups excluding tert-OH is 1. The molecule has 8 atom stereocenters.